The Balaban J connectivity index is 2.00. The van der Waals surface area contributed by atoms with Gasteiger partial charge in [0.1, 0.15) is 17.1 Å². The molecule has 138 valence electrons. The number of rotatable bonds is 6. The van der Waals surface area contributed by atoms with Crippen molar-refractivity contribution in [1.82, 2.24) is 5.32 Å². The molecule has 1 aromatic rings. The molecule has 1 aromatic carbocycles. The van der Waals surface area contributed by atoms with Crippen LogP contribution < -0.4 is 14.8 Å². The monoisotopic (exact) mass is 371 g/mol. The SMILES string of the molecule is COc1cccc(OC)c1C(=O)OCC(=O)N[C@@]1(C)CCS(=O)(=O)C1. The second-order valence-electron chi connectivity index (χ2n) is 6.06. The number of hydrogen-bond acceptors (Lipinski definition) is 7. The minimum Gasteiger partial charge on any atom is -0.496 e. The summed E-state index contributed by atoms with van der Waals surface area (Å²) in [4.78, 5) is 24.3. The molecule has 1 amide bonds. The van der Waals surface area contributed by atoms with Crippen molar-refractivity contribution >= 4 is 21.7 Å². The molecule has 0 radical (unpaired) electrons. The molecule has 0 aliphatic carbocycles. The third kappa shape index (κ3) is 4.62. The molecule has 0 spiro atoms. The summed E-state index contributed by atoms with van der Waals surface area (Å²) in [5.74, 6) is -0.908. The van der Waals surface area contributed by atoms with Crippen LogP contribution in [-0.4, -0.2) is 58.2 Å². The van der Waals surface area contributed by atoms with Crippen LogP contribution in [0.5, 0.6) is 11.5 Å². The second kappa shape index (κ2) is 7.30. The summed E-state index contributed by atoms with van der Waals surface area (Å²) in [6, 6.07) is 4.80. The van der Waals surface area contributed by atoms with E-state index in [1.54, 1.807) is 25.1 Å². The molecule has 1 aliphatic heterocycles. The highest BCUT2D eigenvalue weighted by atomic mass is 32.2. The van der Waals surface area contributed by atoms with Crippen molar-refractivity contribution in [2.45, 2.75) is 18.9 Å². The summed E-state index contributed by atoms with van der Waals surface area (Å²) in [7, 11) is -0.343. The van der Waals surface area contributed by atoms with Gasteiger partial charge in [0, 0.05) is 0 Å². The van der Waals surface area contributed by atoms with E-state index in [-0.39, 0.29) is 28.6 Å². The Morgan fingerprint density at radius 2 is 1.80 bits per heavy atom. The lowest BCUT2D eigenvalue weighted by atomic mass is 10.0. The van der Waals surface area contributed by atoms with Crippen molar-refractivity contribution in [3.8, 4) is 11.5 Å². The van der Waals surface area contributed by atoms with Gasteiger partial charge in [-0.25, -0.2) is 13.2 Å². The lowest BCUT2D eigenvalue weighted by Crippen LogP contribution is -2.48. The van der Waals surface area contributed by atoms with E-state index in [1.807, 2.05) is 0 Å². The van der Waals surface area contributed by atoms with Gasteiger partial charge < -0.3 is 19.5 Å². The van der Waals surface area contributed by atoms with E-state index < -0.39 is 33.9 Å². The number of amides is 1. The Kier molecular flexibility index (Phi) is 5.56. The molecule has 0 saturated carbocycles. The summed E-state index contributed by atoms with van der Waals surface area (Å²) < 4.78 is 38.4. The minimum absolute atomic E-state index is 0.0297. The van der Waals surface area contributed by atoms with E-state index in [2.05, 4.69) is 5.32 Å². The maximum atomic E-state index is 12.3. The molecule has 1 heterocycles. The molecule has 1 atom stereocenters. The molecule has 1 fully saturated rings. The van der Waals surface area contributed by atoms with Crippen molar-refractivity contribution in [3.05, 3.63) is 23.8 Å². The molecule has 1 N–H and O–H groups in total. The van der Waals surface area contributed by atoms with Crippen molar-refractivity contribution in [2.24, 2.45) is 0 Å². The molecular formula is C16H21NO7S. The molecular weight excluding hydrogens is 350 g/mol. The molecule has 0 aromatic heterocycles. The number of ether oxygens (including phenoxy) is 3. The van der Waals surface area contributed by atoms with Gasteiger partial charge in [0.25, 0.3) is 5.91 Å². The van der Waals surface area contributed by atoms with Crippen LogP contribution in [-0.2, 0) is 19.4 Å². The van der Waals surface area contributed by atoms with Crippen LogP contribution in [0.1, 0.15) is 23.7 Å². The smallest absolute Gasteiger partial charge is 0.346 e. The van der Waals surface area contributed by atoms with Gasteiger partial charge in [0.05, 0.1) is 31.3 Å². The third-order valence-electron chi connectivity index (χ3n) is 3.91. The Morgan fingerprint density at radius 3 is 2.28 bits per heavy atom. The fraction of sp³-hybridized carbons (Fsp3) is 0.500. The number of esters is 1. The minimum atomic E-state index is -3.15. The second-order valence-corrected chi connectivity index (χ2v) is 8.25. The standard InChI is InChI=1S/C16H21NO7S/c1-16(7-8-25(20,21)10-16)17-13(18)9-24-15(19)14-11(22-2)5-4-6-12(14)23-3/h4-6H,7-10H2,1-3H3,(H,17,18)/t16-/m0/s1. The van der Waals surface area contributed by atoms with Gasteiger partial charge in [-0.2, -0.15) is 0 Å². The molecule has 25 heavy (non-hydrogen) atoms. The Morgan fingerprint density at radius 1 is 1.20 bits per heavy atom. The van der Waals surface area contributed by atoms with Crippen LogP contribution in [0.3, 0.4) is 0 Å². The number of hydrogen-bond donors (Lipinski definition) is 1. The Labute approximate surface area is 146 Å². The van der Waals surface area contributed by atoms with Crippen LogP contribution in [0.15, 0.2) is 18.2 Å². The zero-order chi connectivity index (χ0) is 18.7. The number of carbonyl (C=O) groups is 2. The van der Waals surface area contributed by atoms with E-state index in [0.717, 1.165) is 0 Å². The largest absolute Gasteiger partial charge is 0.496 e. The lowest BCUT2D eigenvalue weighted by molar-refractivity contribution is -0.125. The first kappa shape index (κ1) is 19.0. The summed E-state index contributed by atoms with van der Waals surface area (Å²) in [6.45, 7) is 1.12. The van der Waals surface area contributed by atoms with E-state index in [4.69, 9.17) is 14.2 Å². The normalized spacial score (nSPS) is 21.4. The van der Waals surface area contributed by atoms with Gasteiger partial charge in [0.2, 0.25) is 0 Å². The van der Waals surface area contributed by atoms with Gasteiger partial charge >= 0.3 is 5.97 Å². The molecule has 0 unspecified atom stereocenters. The van der Waals surface area contributed by atoms with Crippen LogP contribution >= 0.6 is 0 Å². The predicted octanol–water partition coefficient (Wildman–Crippen LogP) is 0.554. The highest BCUT2D eigenvalue weighted by Gasteiger charge is 2.39. The van der Waals surface area contributed by atoms with Crippen molar-refractivity contribution in [1.29, 1.82) is 0 Å². The average Bonchev–Trinajstić information content (AvgIpc) is 2.84. The van der Waals surface area contributed by atoms with E-state index in [0.29, 0.717) is 6.42 Å². The van der Waals surface area contributed by atoms with Gasteiger partial charge in [-0.05, 0) is 25.5 Å². The average molecular weight is 371 g/mol. The molecule has 8 nitrogen and oxygen atoms in total. The van der Waals surface area contributed by atoms with Crippen LogP contribution in [0.2, 0.25) is 0 Å². The molecule has 2 rings (SSSR count). The zero-order valence-corrected chi connectivity index (χ0v) is 15.1. The number of carbonyl (C=O) groups excluding carboxylic acids is 2. The number of nitrogens with one attached hydrogen (secondary N) is 1. The predicted molar refractivity (Wildman–Crippen MR) is 89.6 cm³/mol. The molecule has 0 bridgehead atoms. The number of benzene rings is 1. The highest BCUT2D eigenvalue weighted by molar-refractivity contribution is 7.91. The van der Waals surface area contributed by atoms with Crippen LogP contribution in [0.25, 0.3) is 0 Å². The Bertz CT molecular complexity index is 752. The van der Waals surface area contributed by atoms with Crippen molar-refractivity contribution in [2.75, 3.05) is 32.3 Å². The van der Waals surface area contributed by atoms with Crippen molar-refractivity contribution < 1.29 is 32.2 Å². The highest BCUT2D eigenvalue weighted by Crippen LogP contribution is 2.29. The summed E-state index contributed by atoms with van der Waals surface area (Å²) in [5, 5.41) is 2.62. The van der Waals surface area contributed by atoms with Crippen LogP contribution in [0.4, 0.5) is 0 Å². The fourth-order valence-corrected chi connectivity index (χ4v) is 4.83. The van der Waals surface area contributed by atoms with Crippen molar-refractivity contribution in [3.63, 3.8) is 0 Å². The zero-order valence-electron chi connectivity index (χ0n) is 14.3. The van der Waals surface area contributed by atoms with Crippen LogP contribution in [0, 0.1) is 0 Å². The lowest BCUT2D eigenvalue weighted by Gasteiger charge is -2.23. The Hall–Kier alpha value is -2.29. The molecule has 1 aliphatic rings. The van der Waals surface area contributed by atoms with Gasteiger partial charge in [-0.3, -0.25) is 4.79 Å². The molecule has 9 heteroatoms. The van der Waals surface area contributed by atoms with E-state index >= 15 is 0 Å². The van der Waals surface area contributed by atoms with Gasteiger partial charge in [0.15, 0.2) is 16.4 Å². The first-order chi connectivity index (χ1) is 11.7. The van der Waals surface area contributed by atoms with E-state index in [1.165, 1.54) is 14.2 Å². The number of methoxy groups -OCH3 is 2. The quantitative estimate of drug-likeness (QED) is 0.728. The van der Waals surface area contributed by atoms with Gasteiger partial charge in [-0.1, -0.05) is 6.07 Å². The summed E-state index contributed by atoms with van der Waals surface area (Å²) >= 11 is 0. The third-order valence-corrected chi connectivity index (χ3v) is 5.81. The molecule has 1 saturated heterocycles. The summed E-state index contributed by atoms with van der Waals surface area (Å²) in [5.41, 5.74) is -0.764. The summed E-state index contributed by atoms with van der Waals surface area (Å²) in [6.07, 6.45) is 0.329. The van der Waals surface area contributed by atoms with Gasteiger partial charge in [-0.15, -0.1) is 0 Å². The fourth-order valence-electron chi connectivity index (χ4n) is 2.74. The first-order valence-electron chi connectivity index (χ1n) is 7.59. The first-order valence-corrected chi connectivity index (χ1v) is 9.41. The maximum Gasteiger partial charge on any atom is 0.346 e. The topological polar surface area (TPSA) is 108 Å². The van der Waals surface area contributed by atoms with E-state index in [9.17, 15) is 18.0 Å². The maximum absolute atomic E-state index is 12.3. The number of sulfone groups is 1.